The van der Waals surface area contributed by atoms with Crippen LogP contribution in [0.5, 0.6) is 0 Å². The van der Waals surface area contributed by atoms with Crippen LogP contribution in [0.2, 0.25) is 0 Å². The first-order valence-electron chi connectivity index (χ1n) is 9.09. The lowest BCUT2D eigenvalue weighted by atomic mass is 10.1. The van der Waals surface area contributed by atoms with Gasteiger partial charge in [0.25, 0.3) is 5.91 Å². The molecule has 1 aliphatic carbocycles. The van der Waals surface area contributed by atoms with Crippen LogP contribution >= 0.6 is 11.3 Å². The molecule has 2 aliphatic rings. The third-order valence-electron chi connectivity index (χ3n) is 5.38. The third kappa shape index (κ3) is 3.03. The molecule has 3 heterocycles. The van der Waals surface area contributed by atoms with E-state index in [4.69, 9.17) is 4.98 Å². The third-order valence-corrected chi connectivity index (χ3v) is 8.30. The average molecular weight is 394 g/mol. The Morgan fingerprint density at radius 2 is 1.96 bits per heavy atom. The molecule has 1 amide bonds. The van der Waals surface area contributed by atoms with E-state index in [1.165, 1.54) is 11.3 Å². The highest BCUT2D eigenvalue weighted by Gasteiger charge is 2.35. The van der Waals surface area contributed by atoms with Crippen molar-refractivity contribution in [2.75, 3.05) is 18.1 Å². The fraction of sp³-hybridized carbons (Fsp3) is 0.611. The van der Waals surface area contributed by atoms with Crippen molar-refractivity contribution >= 4 is 37.3 Å². The molecule has 26 heavy (non-hydrogen) atoms. The van der Waals surface area contributed by atoms with Crippen LogP contribution in [0, 0.1) is 13.8 Å². The number of fused-ring (bicyclic) bond motifs is 1. The minimum Gasteiger partial charge on any atom is -0.334 e. The van der Waals surface area contributed by atoms with Crippen LogP contribution in [0.1, 0.15) is 58.9 Å². The quantitative estimate of drug-likeness (QED) is 0.798. The Kier molecular flexibility index (Phi) is 4.30. The topological polar surface area (TPSA) is 80.2 Å². The SMILES string of the molecule is CCN(C(=O)c1sc2nc(C3CC3)nc(C)c2c1C)C1CCS(=O)(=O)C1. The fourth-order valence-electron chi connectivity index (χ4n) is 3.81. The molecular formula is C18H23N3O3S2. The molecule has 2 aromatic heterocycles. The summed E-state index contributed by atoms with van der Waals surface area (Å²) in [6.07, 6.45) is 2.80. The summed E-state index contributed by atoms with van der Waals surface area (Å²) in [6.45, 7) is 6.33. The molecule has 0 spiro atoms. The van der Waals surface area contributed by atoms with Crippen LogP contribution in [0.15, 0.2) is 0 Å². The van der Waals surface area contributed by atoms with Crippen molar-refractivity contribution in [3.8, 4) is 0 Å². The normalized spacial score (nSPS) is 22.0. The molecule has 0 bridgehead atoms. The summed E-state index contributed by atoms with van der Waals surface area (Å²) in [4.78, 5) is 25.8. The van der Waals surface area contributed by atoms with E-state index in [1.54, 1.807) is 4.90 Å². The van der Waals surface area contributed by atoms with E-state index < -0.39 is 9.84 Å². The van der Waals surface area contributed by atoms with E-state index in [1.807, 2.05) is 20.8 Å². The summed E-state index contributed by atoms with van der Waals surface area (Å²) in [6, 6.07) is -0.226. The average Bonchev–Trinajstić information content (AvgIpc) is 3.29. The summed E-state index contributed by atoms with van der Waals surface area (Å²) in [7, 11) is -3.03. The van der Waals surface area contributed by atoms with E-state index in [0.29, 0.717) is 23.8 Å². The van der Waals surface area contributed by atoms with Gasteiger partial charge in [0, 0.05) is 23.9 Å². The number of thiophene rings is 1. The summed E-state index contributed by atoms with van der Waals surface area (Å²) >= 11 is 1.42. The van der Waals surface area contributed by atoms with Crippen LogP contribution in [0.4, 0.5) is 0 Å². The minimum absolute atomic E-state index is 0.0706. The summed E-state index contributed by atoms with van der Waals surface area (Å²) < 4.78 is 23.7. The highest BCUT2D eigenvalue weighted by Crippen LogP contribution is 2.40. The molecule has 2 fully saturated rings. The van der Waals surface area contributed by atoms with Crippen molar-refractivity contribution in [1.82, 2.24) is 14.9 Å². The van der Waals surface area contributed by atoms with Crippen LogP contribution in [-0.4, -0.2) is 53.3 Å². The Labute approximate surface area is 157 Å². The number of nitrogens with zero attached hydrogens (tertiary/aromatic N) is 3. The number of hydrogen-bond donors (Lipinski definition) is 0. The summed E-state index contributed by atoms with van der Waals surface area (Å²) in [5, 5.41) is 0.970. The Morgan fingerprint density at radius 1 is 1.23 bits per heavy atom. The van der Waals surface area contributed by atoms with Gasteiger partial charge in [-0.25, -0.2) is 18.4 Å². The lowest BCUT2D eigenvalue weighted by molar-refractivity contribution is 0.0713. The second kappa shape index (κ2) is 6.27. The number of aryl methyl sites for hydroxylation is 2. The Hall–Kier alpha value is -1.54. The highest BCUT2D eigenvalue weighted by atomic mass is 32.2. The number of sulfone groups is 1. The first-order chi connectivity index (χ1) is 12.3. The largest absolute Gasteiger partial charge is 0.334 e. The summed E-state index contributed by atoms with van der Waals surface area (Å²) in [5.74, 6) is 1.52. The van der Waals surface area contributed by atoms with Crippen LogP contribution in [0.3, 0.4) is 0 Å². The number of aromatic nitrogens is 2. The molecule has 140 valence electrons. The molecule has 1 saturated heterocycles. The van der Waals surface area contributed by atoms with Gasteiger partial charge in [-0.1, -0.05) is 0 Å². The van der Waals surface area contributed by atoms with Crippen molar-refractivity contribution < 1.29 is 13.2 Å². The van der Waals surface area contributed by atoms with E-state index in [2.05, 4.69) is 4.98 Å². The van der Waals surface area contributed by atoms with Gasteiger partial charge in [0.15, 0.2) is 9.84 Å². The molecule has 4 rings (SSSR count). The highest BCUT2D eigenvalue weighted by molar-refractivity contribution is 7.91. The standard InChI is InChI=1S/C18H23N3O3S2/c1-4-21(13-7-8-26(23,24)9-13)18(22)15-10(2)14-11(3)19-16(12-5-6-12)20-17(14)25-15/h12-13H,4-9H2,1-3H3. The zero-order valence-corrected chi connectivity index (χ0v) is 16.9. The Balaban J connectivity index is 1.72. The van der Waals surface area contributed by atoms with Crippen molar-refractivity contribution in [1.29, 1.82) is 0 Å². The number of carbonyl (C=O) groups excluding carboxylic acids is 1. The van der Waals surface area contributed by atoms with Crippen LogP contribution < -0.4 is 0 Å². The zero-order chi connectivity index (χ0) is 18.6. The van der Waals surface area contributed by atoms with E-state index in [0.717, 1.165) is 40.1 Å². The van der Waals surface area contributed by atoms with E-state index in [9.17, 15) is 13.2 Å². The lowest BCUT2D eigenvalue weighted by Crippen LogP contribution is -2.40. The fourth-order valence-corrected chi connectivity index (χ4v) is 6.73. The molecule has 1 aliphatic heterocycles. The monoisotopic (exact) mass is 393 g/mol. The predicted octanol–water partition coefficient (Wildman–Crippen LogP) is 2.83. The van der Waals surface area contributed by atoms with Gasteiger partial charge in [-0.2, -0.15) is 0 Å². The van der Waals surface area contributed by atoms with E-state index >= 15 is 0 Å². The lowest BCUT2D eigenvalue weighted by Gasteiger charge is -2.26. The molecule has 1 unspecified atom stereocenters. The Bertz CT molecular complexity index is 993. The number of amides is 1. The number of carbonyl (C=O) groups is 1. The van der Waals surface area contributed by atoms with Gasteiger partial charge in [-0.15, -0.1) is 11.3 Å². The molecule has 0 radical (unpaired) electrons. The number of hydrogen-bond acceptors (Lipinski definition) is 6. The minimum atomic E-state index is -3.03. The summed E-state index contributed by atoms with van der Waals surface area (Å²) in [5.41, 5.74) is 1.84. The maximum atomic E-state index is 13.2. The van der Waals surface area contributed by atoms with Crippen molar-refractivity contribution in [3.63, 3.8) is 0 Å². The molecule has 0 N–H and O–H groups in total. The maximum absolute atomic E-state index is 13.2. The maximum Gasteiger partial charge on any atom is 0.264 e. The van der Waals surface area contributed by atoms with Crippen LogP contribution in [0.25, 0.3) is 10.2 Å². The molecule has 1 saturated carbocycles. The second-order valence-corrected chi connectivity index (χ2v) is 10.6. The first-order valence-corrected chi connectivity index (χ1v) is 11.7. The molecule has 8 heteroatoms. The smallest absolute Gasteiger partial charge is 0.264 e. The van der Waals surface area contributed by atoms with Crippen molar-refractivity contribution in [3.05, 3.63) is 22.0 Å². The van der Waals surface area contributed by atoms with Gasteiger partial charge in [0.05, 0.1) is 22.1 Å². The Morgan fingerprint density at radius 3 is 2.54 bits per heavy atom. The number of rotatable bonds is 4. The van der Waals surface area contributed by atoms with Crippen molar-refractivity contribution in [2.24, 2.45) is 0 Å². The van der Waals surface area contributed by atoms with Gasteiger partial charge in [-0.05, 0) is 45.6 Å². The van der Waals surface area contributed by atoms with Crippen LogP contribution in [-0.2, 0) is 9.84 Å². The first kappa shape index (κ1) is 17.9. The van der Waals surface area contributed by atoms with Gasteiger partial charge >= 0.3 is 0 Å². The molecule has 1 atom stereocenters. The predicted molar refractivity (Wildman–Crippen MR) is 103 cm³/mol. The molecular weight excluding hydrogens is 370 g/mol. The molecule has 0 aromatic carbocycles. The molecule has 2 aromatic rings. The second-order valence-electron chi connectivity index (χ2n) is 7.33. The van der Waals surface area contributed by atoms with E-state index in [-0.39, 0.29) is 23.5 Å². The van der Waals surface area contributed by atoms with Gasteiger partial charge in [0.1, 0.15) is 10.7 Å². The van der Waals surface area contributed by atoms with Crippen molar-refractivity contribution in [2.45, 2.75) is 52.0 Å². The molecule has 6 nitrogen and oxygen atoms in total. The zero-order valence-electron chi connectivity index (χ0n) is 15.3. The van der Waals surface area contributed by atoms with Gasteiger partial charge < -0.3 is 4.90 Å². The van der Waals surface area contributed by atoms with Gasteiger partial charge in [-0.3, -0.25) is 4.79 Å². The van der Waals surface area contributed by atoms with Gasteiger partial charge in [0.2, 0.25) is 0 Å².